The van der Waals surface area contributed by atoms with Crippen molar-refractivity contribution in [2.45, 2.75) is 68.9 Å². The standard InChI is InChI=1S/C27H31Cl2NO4/c1-33-25(31)23(15-18-7-3-2-4-8-18)30-26(32)34-24(19-9-5-11-21(28)16-19)27(13-14-27)20-10-6-12-22(29)17-20/h5-6,9-12,16-18,23-24H,2-4,7-8,13-15H2,1H3,(H,30,32). The van der Waals surface area contributed by atoms with Gasteiger partial charge in [-0.25, -0.2) is 9.59 Å². The molecule has 0 heterocycles. The molecule has 182 valence electrons. The van der Waals surface area contributed by atoms with Crippen molar-refractivity contribution in [1.82, 2.24) is 5.32 Å². The summed E-state index contributed by atoms with van der Waals surface area (Å²) in [6.45, 7) is 0. The topological polar surface area (TPSA) is 64.6 Å². The fourth-order valence-corrected chi connectivity index (χ4v) is 5.59. The number of rotatable bonds is 8. The quantitative estimate of drug-likeness (QED) is 0.393. The number of halogens is 2. The number of nitrogens with one attached hydrogen (secondary N) is 1. The predicted molar refractivity (Wildman–Crippen MR) is 133 cm³/mol. The molecule has 0 radical (unpaired) electrons. The zero-order valence-corrected chi connectivity index (χ0v) is 20.9. The number of methoxy groups -OCH3 is 1. The molecule has 34 heavy (non-hydrogen) atoms. The Morgan fingerprint density at radius 1 is 1.03 bits per heavy atom. The lowest BCUT2D eigenvalue weighted by Gasteiger charge is -2.30. The smallest absolute Gasteiger partial charge is 0.408 e. The highest BCUT2D eigenvalue weighted by molar-refractivity contribution is 6.31. The summed E-state index contributed by atoms with van der Waals surface area (Å²) in [7, 11) is 1.34. The van der Waals surface area contributed by atoms with Gasteiger partial charge in [-0.1, -0.05) is 79.6 Å². The highest BCUT2D eigenvalue weighted by atomic mass is 35.5. The zero-order valence-electron chi connectivity index (χ0n) is 19.4. The number of benzene rings is 2. The third kappa shape index (κ3) is 5.87. The van der Waals surface area contributed by atoms with Crippen LogP contribution in [0.5, 0.6) is 0 Å². The van der Waals surface area contributed by atoms with E-state index in [1.165, 1.54) is 13.5 Å². The Hall–Kier alpha value is -2.24. The van der Waals surface area contributed by atoms with E-state index in [4.69, 9.17) is 32.7 Å². The van der Waals surface area contributed by atoms with E-state index in [1.54, 1.807) is 6.07 Å². The average Bonchev–Trinajstić information content (AvgIpc) is 3.64. The lowest BCUT2D eigenvalue weighted by molar-refractivity contribution is -0.143. The second kappa shape index (κ2) is 11.0. The Balaban J connectivity index is 1.56. The zero-order chi connectivity index (χ0) is 24.1. The van der Waals surface area contributed by atoms with Gasteiger partial charge in [0.2, 0.25) is 0 Å². The summed E-state index contributed by atoms with van der Waals surface area (Å²) < 4.78 is 11.0. The molecular formula is C27H31Cl2NO4. The van der Waals surface area contributed by atoms with Gasteiger partial charge in [0.25, 0.3) is 0 Å². The molecule has 1 N–H and O–H groups in total. The van der Waals surface area contributed by atoms with E-state index in [0.29, 0.717) is 22.4 Å². The SMILES string of the molecule is COC(=O)C(CC1CCCCC1)NC(=O)OC(c1cccc(Cl)c1)C1(c2cccc(Cl)c2)CC1. The summed E-state index contributed by atoms with van der Waals surface area (Å²) >= 11 is 12.6. The predicted octanol–water partition coefficient (Wildman–Crippen LogP) is 7.00. The number of carbonyl (C=O) groups excluding carboxylic acids is 2. The molecule has 2 aliphatic carbocycles. The molecule has 2 fully saturated rings. The van der Waals surface area contributed by atoms with Crippen molar-refractivity contribution < 1.29 is 19.1 Å². The van der Waals surface area contributed by atoms with Gasteiger partial charge in [-0.3, -0.25) is 0 Å². The molecule has 0 bridgehead atoms. The lowest BCUT2D eigenvalue weighted by atomic mass is 9.85. The first-order valence-corrected chi connectivity index (χ1v) is 12.7. The van der Waals surface area contributed by atoms with E-state index < -0.39 is 29.6 Å². The molecule has 1 amide bonds. The van der Waals surface area contributed by atoms with Crippen LogP contribution >= 0.6 is 23.2 Å². The molecule has 0 saturated heterocycles. The molecule has 0 spiro atoms. The lowest BCUT2D eigenvalue weighted by Crippen LogP contribution is -2.44. The largest absolute Gasteiger partial charge is 0.467 e. The first-order valence-electron chi connectivity index (χ1n) is 12.0. The number of hydrogen-bond donors (Lipinski definition) is 1. The van der Waals surface area contributed by atoms with Gasteiger partial charge < -0.3 is 14.8 Å². The first-order chi connectivity index (χ1) is 16.4. The van der Waals surface area contributed by atoms with Crippen molar-refractivity contribution in [2.24, 2.45) is 5.92 Å². The Bertz CT molecular complexity index is 1020. The number of amides is 1. The molecule has 0 aromatic heterocycles. The van der Waals surface area contributed by atoms with E-state index in [1.807, 2.05) is 42.5 Å². The molecule has 2 atom stereocenters. The molecule has 2 aromatic carbocycles. The molecule has 5 nitrogen and oxygen atoms in total. The van der Waals surface area contributed by atoms with Crippen molar-refractivity contribution in [3.63, 3.8) is 0 Å². The van der Waals surface area contributed by atoms with Crippen LogP contribution in [-0.4, -0.2) is 25.2 Å². The van der Waals surface area contributed by atoms with Crippen molar-refractivity contribution in [3.8, 4) is 0 Å². The van der Waals surface area contributed by atoms with Gasteiger partial charge in [-0.2, -0.15) is 0 Å². The van der Waals surface area contributed by atoms with Gasteiger partial charge in [-0.15, -0.1) is 0 Å². The second-order valence-corrected chi connectivity index (χ2v) is 10.3. The summed E-state index contributed by atoms with van der Waals surface area (Å²) in [6.07, 6.45) is 6.71. The maximum absolute atomic E-state index is 13.2. The van der Waals surface area contributed by atoms with Crippen molar-refractivity contribution >= 4 is 35.3 Å². The minimum absolute atomic E-state index is 0.392. The summed E-state index contributed by atoms with van der Waals surface area (Å²) in [5, 5.41) is 4.00. The van der Waals surface area contributed by atoms with Crippen LogP contribution < -0.4 is 5.32 Å². The van der Waals surface area contributed by atoms with Gasteiger partial charge in [0.15, 0.2) is 0 Å². The Labute approximate surface area is 211 Å². The minimum Gasteiger partial charge on any atom is -0.467 e. The van der Waals surface area contributed by atoms with Crippen LogP contribution in [0.3, 0.4) is 0 Å². The van der Waals surface area contributed by atoms with Crippen LogP contribution in [0.4, 0.5) is 4.79 Å². The number of ether oxygens (including phenoxy) is 2. The minimum atomic E-state index is -0.734. The maximum Gasteiger partial charge on any atom is 0.408 e. The average molecular weight is 504 g/mol. The second-order valence-electron chi connectivity index (χ2n) is 9.47. The van der Waals surface area contributed by atoms with Gasteiger partial charge in [0, 0.05) is 15.5 Å². The molecule has 2 aromatic rings. The van der Waals surface area contributed by atoms with E-state index in [2.05, 4.69) is 5.32 Å². The molecule has 2 aliphatic rings. The van der Waals surface area contributed by atoms with Crippen molar-refractivity contribution in [3.05, 3.63) is 69.7 Å². The van der Waals surface area contributed by atoms with Crippen LogP contribution in [0.2, 0.25) is 10.0 Å². The molecule has 0 aliphatic heterocycles. The van der Waals surface area contributed by atoms with Gasteiger partial charge >= 0.3 is 12.1 Å². The Morgan fingerprint density at radius 2 is 1.71 bits per heavy atom. The van der Waals surface area contributed by atoms with E-state index >= 15 is 0 Å². The van der Waals surface area contributed by atoms with E-state index in [0.717, 1.165) is 49.7 Å². The van der Waals surface area contributed by atoms with Crippen LogP contribution in [0.1, 0.15) is 68.6 Å². The van der Waals surface area contributed by atoms with Gasteiger partial charge in [0.1, 0.15) is 12.1 Å². The molecular weight excluding hydrogens is 473 g/mol. The number of carbonyl (C=O) groups is 2. The van der Waals surface area contributed by atoms with Crippen molar-refractivity contribution in [2.75, 3.05) is 7.11 Å². The third-order valence-electron chi connectivity index (χ3n) is 7.14. The highest BCUT2D eigenvalue weighted by Gasteiger charge is 2.53. The summed E-state index contributed by atoms with van der Waals surface area (Å²) in [4.78, 5) is 25.6. The number of esters is 1. The molecule has 2 unspecified atom stereocenters. The fraction of sp³-hybridized carbons (Fsp3) is 0.481. The number of alkyl carbamates (subject to hydrolysis) is 1. The summed E-state index contributed by atoms with van der Waals surface area (Å²) in [5.74, 6) is -0.0547. The number of hydrogen-bond acceptors (Lipinski definition) is 4. The summed E-state index contributed by atoms with van der Waals surface area (Å²) in [6, 6.07) is 14.3. The maximum atomic E-state index is 13.2. The van der Waals surface area contributed by atoms with Crippen molar-refractivity contribution in [1.29, 1.82) is 0 Å². The van der Waals surface area contributed by atoms with Gasteiger partial charge in [0.05, 0.1) is 7.11 Å². The van der Waals surface area contributed by atoms with Crippen LogP contribution in [0.25, 0.3) is 0 Å². The van der Waals surface area contributed by atoms with Crippen LogP contribution in [0.15, 0.2) is 48.5 Å². The normalized spacial score (nSPS) is 19.0. The van der Waals surface area contributed by atoms with Gasteiger partial charge in [-0.05, 0) is 60.6 Å². The summed E-state index contributed by atoms with van der Waals surface area (Å²) in [5.41, 5.74) is 1.43. The Morgan fingerprint density at radius 3 is 2.32 bits per heavy atom. The molecule has 4 rings (SSSR count). The molecule has 2 saturated carbocycles. The van der Waals surface area contributed by atoms with Crippen LogP contribution in [0, 0.1) is 5.92 Å². The highest BCUT2D eigenvalue weighted by Crippen LogP contribution is 2.58. The fourth-order valence-electron chi connectivity index (χ4n) is 5.20. The van der Waals surface area contributed by atoms with Crippen LogP contribution in [-0.2, 0) is 19.7 Å². The monoisotopic (exact) mass is 503 g/mol. The third-order valence-corrected chi connectivity index (χ3v) is 7.61. The van der Waals surface area contributed by atoms with E-state index in [-0.39, 0.29) is 0 Å². The molecule has 7 heteroatoms. The first kappa shape index (κ1) is 24.9. The Kier molecular flexibility index (Phi) is 8.05. The van der Waals surface area contributed by atoms with E-state index in [9.17, 15) is 9.59 Å².